The van der Waals surface area contributed by atoms with E-state index in [1.165, 1.54) is 0 Å². The summed E-state index contributed by atoms with van der Waals surface area (Å²) >= 11 is 0. The van der Waals surface area contributed by atoms with Gasteiger partial charge in [0, 0.05) is 48.0 Å². The Balaban J connectivity index is 0.00000168. The normalized spacial score (nSPS) is 13.7. The molecule has 0 saturated carbocycles. The first-order valence-corrected chi connectivity index (χ1v) is 14.7. The fourth-order valence-electron chi connectivity index (χ4n) is 4.96. The lowest BCUT2D eigenvalue weighted by Gasteiger charge is -2.09. The molecule has 222 valence electrons. The molecule has 12 heteroatoms. The maximum absolute atomic E-state index is 12.7. The summed E-state index contributed by atoms with van der Waals surface area (Å²) < 4.78 is 3.30. The van der Waals surface area contributed by atoms with Gasteiger partial charge in [0.2, 0.25) is 0 Å². The molecule has 0 radical (unpaired) electrons. The van der Waals surface area contributed by atoms with E-state index in [4.69, 9.17) is 0 Å². The van der Waals surface area contributed by atoms with Crippen molar-refractivity contribution in [2.24, 2.45) is 9.98 Å². The number of carbonyl (C=O) groups excluding carboxylic acids is 1. The van der Waals surface area contributed by atoms with Gasteiger partial charge in [0.05, 0.1) is 36.9 Å². The number of aromatic nitrogens is 6. The summed E-state index contributed by atoms with van der Waals surface area (Å²) in [6.07, 6.45) is 3.68. The first kappa shape index (κ1) is 28.5. The summed E-state index contributed by atoms with van der Waals surface area (Å²) in [6.45, 7) is 7.31. The minimum Gasteiger partial charge on any atom is -0.368 e. The third-order valence-electron chi connectivity index (χ3n) is 7.16. The van der Waals surface area contributed by atoms with E-state index in [1.54, 1.807) is 28.5 Å². The number of amidine groups is 2. The average molecular weight is 588 g/mol. The fraction of sp³-hybridized carbons (Fsp3) is 0.219. The van der Waals surface area contributed by atoms with Crippen LogP contribution in [0.3, 0.4) is 0 Å². The van der Waals surface area contributed by atoms with Gasteiger partial charge in [0.1, 0.15) is 23.1 Å². The number of nitrogens with one attached hydrogen (secondary N) is 3. The smallest absolute Gasteiger partial charge is 0.251 e. The van der Waals surface area contributed by atoms with E-state index in [0.29, 0.717) is 28.3 Å². The van der Waals surface area contributed by atoms with Crippen LogP contribution >= 0.6 is 0 Å². The molecule has 0 aliphatic carbocycles. The number of benzene rings is 3. The van der Waals surface area contributed by atoms with Crippen LogP contribution in [0.15, 0.2) is 89.1 Å². The molecule has 0 fully saturated rings. The summed E-state index contributed by atoms with van der Waals surface area (Å²) in [4.78, 5) is 21.6. The number of amides is 1. The summed E-state index contributed by atoms with van der Waals surface area (Å²) in [5, 5.41) is 26.8. The summed E-state index contributed by atoms with van der Waals surface area (Å²) in [7, 11) is 1.60. The molecule has 0 spiro atoms. The minimum absolute atomic E-state index is 0.225. The second kappa shape index (κ2) is 12.7. The van der Waals surface area contributed by atoms with E-state index in [2.05, 4.69) is 46.6 Å². The Kier molecular flexibility index (Phi) is 8.21. The number of aliphatic imine (C=N–C) groups is 2. The summed E-state index contributed by atoms with van der Waals surface area (Å²) in [5.74, 6) is 1.60. The Morgan fingerprint density at radius 3 is 1.50 bits per heavy atom. The van der Waals surface area contributed by atoms with Crippen molar-refractivity contribution < 1.29 is 4.79 Å². The Morgan fingerprint density at radius 2 is 1.11 bits per heavy atom. The van der Waals surface area contributed by atoms with Crippen molar-refractivity contribution in [3.05, 3.63) is 95.8 Å². The predicted octanol–water partition coefficient (Wildman–Crippen LogP) is 3.27. The molecule has 2 aliphatic rings. The lowest BCUT2D eigenvalue weighted by atomic mass is 10.1. The standard InChI is InChI=1S/C30H27N11O.C2H6/c1-31-30(42)23-14-24(40-17-26(36-38-40)19-2-6-21(7-3-19)28-32-10-11-33-28)16-25(15-23)41-18-27(37-39-41)20-4-8-22(9-5-20)29-34-12-13-35-29;1-2/h2-9,14-18H,10-13H2,1H3,(H,31,42)(H,32,33)(H,34,35);1-2H3. The zero-order valence-corrected chi connectivity index (χ0v) is 24.8. The van der Waals surface area contributed by atoms with E-state index in [1.807, 2.05) is 80.8 Å². The van der Waals surface area contributed by atoms with Crippen molar-refractivity contribution in [3.63, 3.8) is 0 Å². The van der Waals surface area contributed by atoms with Gasteiger partial charge in [-0.25, -0.2) is 9.36 Å². The van der Waals surface area contributed by atoms with Gasteiger partial charge in [0.25, 0.3) is 5.91 Å². The highest BCUT2D eigenvalue weighted by Crippen LogP contribution is 2.23. The maximum Gasteiger partial charge on any atom is 0.251 e. The molecule has 2 aromatic heterocycles. The van der Waals surface area contributed by atoms with Crippen LogP contribution in [0, 0.1) is 0 Å². The molecule has 12 nitrogen and oxygen atoms in total. The summed E-state index contributed by atoms with van der Waals surface area (Å²) in [6, 6.07) is 21.5. The van der Waals surface area contributed by atoms with Crippen molar-refractivity contribution in [3.8, 4) is 33.9 Å². The van der Waals surface area contributed by atoms with E-state index in [9.17, 15) is 4.79 Å². The van der Waals surface area contributed by atoms with E-state index < -0.39 is 0 Å². The van der Waals surface area contributed by atoms with Gasteiger partial charge in [-0.15, -0.1) is 10.2 Å². The molecule has 0 unspecified atom stereocenters. The zero-order chi connectivity index (χ0) is 30.5. The number of nitrogens with zero attached hydrogens (tertiary/aromatic N) is 8. The van der Waals surface area contributed by atoms with E-state index >= 15 is 0 Å². The van der Waals surface area contributed by atoms with Gasteiger partial charge in [-0.1, -0.05) is 72.8 Å². The van der Waals surface area contributed by atoms with E-state index in [0.717, 1.165) is 60.1 Å². The third-order valence-corrected chi connectivity index (χ3v) is 7.16. The first-order chi connectivity index (χ1) is 21.6. The van der Waals surface area contributed by atoms with Crippen molar-refractivity contribution in [1.29, 1.82) is 0 Å². The van der Waals surface area contributed by atoms with Gasteiger partial charge in [-0.3, -0.25) is 14.8 Å². The molecule has 4 heterocycles. The fourth-order valence-corrected chi connectivity index (χ4v) is 4.96. The minimum atomic E-state index is -0.225. The molecule has 0 atom stereocenters. The highest BCUT2D eigenvalue weighted by atomic mass is 16.1. The van der Waals surface area contributed by atoms with Crippen LogP contribution in [0.5, 0.6) is 0 Å². The van der Waals surface area contributed by atoms with Crippen LogP contribution in [-0.4, -0.2) is 80.8 Å². The summed E-state index contributed by atoms with van der Waals surface area (Å²) in [5.41, 5.74) is 7.13. The van der Waals surface area contributed by atoms with Crippen LogP contribution in [0.4, 0.5) is 0 Å². The van der Waals surface area contributed by atoms with Crippen LogP contribution in [0.25, 0.3) is 33.9 Å². The van der Waals surface area contributed by atoms with Gasteiger partial charge >= 0.3 is 0 Å². The number of rotatable bonds is 7. The highest BCUT2D eigenvalue weighted by Gasteiger charge is 2.15. The second-order valence-electron chi connectivity index (χ2n) is 9.88. The molecule has 1 amide bonds. The molecular weight excluding hydrogens is 554 g/mol. The molecule has 0 saturated heterocycles. The molecule has 3 N–H and O–H groups in total. The maximum atomic E-state index is 12.7. The predicted molar refractivity (Wildman–Crippen MR) is 171 cm³/mol. The molecule has 2 aliphatic heterocycles. The molecular formula is C32H33N11O. The van der Waals surface area contributed by atoms with Gasteiger partial charge in [-0.2, -0.15) is 0 Å². The van der Waals surface area contributed by atoms with Gasteiger partial charge < -0.3 is 16.0 Å². The lowest BCUT2D eigenvalue weighted by Crippen LogP contribution is -2.19. The Hall–Kier alpha value is -5.65. The van der Waals surface area contributed by atoms with E-state index in [-0.39, 0.29) is 5.91 Å². The average Bonchev–Trinajstić information content (AvgIpc) is 3.93. The number of hydrogen-bond donors (Lipinski definition) is 3. The lowest BCUT2D eigenvalue weighted by molar-refractivity contribution is 0.0963. The molecule has 7 rings (SSSR count). The Labute approximate surface area is 254 Å². The first-order valence-electron chi connectivity index (χ1n) is 14.7. The SMILES string of the molecule is CC.CNC(=O)c1cc(-n2cc(-c3ccc(C4=NCCN4)cc3)nn2)cc(-n2cc(-c3ccc(C4=NCCN4)cc3)nn2)c1. The molecule has 0 bridgehead atoms. The number of carbonyl (C=O) groups is 1. The topological polar surface area (TPSA) is 139 Å². The Morgan fingerprint density at radius 1 is 0.682 bits per heavy atom. The van der Waals surface area contributed by atoms with Crippen LogP contribution in [-0.2, 0) is 0 Å². The second-order valence-corrected chi connectivity index (χ2v) is 9.88. The van der Waals surface area contributed by atoms with Crippen molar-refractivity contribution in [2.45, 2.75) is 13.8 Å². The van der Waals surface area contributed by atoms with Crippen LogP contribution in [0.2, 0.25) is 0 Å². The van der Waals surface area contributed by atoms with Crippen LogP contribution in [0.1, 0.15) is 35.3 Å². The largest absolute Gasteiger partial charge is 0.368 e. The third kappa shape index (κ3) is 5.82. The monoisotopic (exact) mass is 587 g/mol. The van der Waals surface area contributed by atoms with Crippen molar-refractivity contribution >= 4 is 17.6 Å². The molecule has 44 heavy (non-hydrogen) atoms. The zero-order valence-electron chi connectivity index (χ0n) is 24.8. The molecule has 5 aromatic rings. The Bertz CT molecular complexity index is 1710. The van der Waals surface area contributed by atoms with Gasteiger partial charge in [0.15, 0.2) is 0 Å². The number of hydrogen-bond acceptors (Lipinski definition) is 9. The molecule has 3 aromatic carbocycles. The van der Waals surface area contributed by atoms with Crippen LogP contribution < -0.4 is 16.0 Å². The van der Waals surface area contributed by atoms with Crippen molar-refractivity contribution in [2.75, 3.05) is 33.2 Å². The quantitative estimate of drug-likeness (QED) is 0.266. The highest BCUT2D eigenvalue weighted by molar-refractivity contribution is 6.00. The van der Waals surface area contributed by atoms with Crippen molar-refractivity contribution in [1.82, 2.24) is 45.9 Å². The van der Waals surface area contributed by atoms with Gasteiger partial charge in [-0.05, 0) is 18.2 Å².